The van der Waals surface area contributed by atoms with Crippen LogP contribution in [0.4, 0.5) is 0 Å². The normalized spacial score (nSPS) is 12.1. The van der Waals surface area contributed by atoms with Gasteiger partial charge in [-0.2, -0.15) is 0 Å². The van der Waals surface area contributed by atoms with Crippen molar-refractivity contribution in [1.29, 1.82) is 0 Å². The number of hydrogen-bond donors (Lipinski definition) is 4. The first-order chi connectivity index (χ1) is 7.02. The van der Waals surface area contributed by atoms with E-state index in [0.29, 0.717) is 6.54 Å². The van der Waals surface area contributed by atoms with E-state index in [1.54, 1.807) is 6.92 Å². The van der Waals surface area contributed by atoms with Gasteiger partial charge in [0.15, 0.2) is 5.88 Å². The van der Waals surface area contributed by atoms with Crippen LogP contribution in [0.25, 0.3) is 0 Å². The van der Waals surface area contributed by atoms with E-state index >= 15 is 0 Å². The molecular weight excluding hydrogens is 198 g/mol. The van der Waals surface area contributed by atoms with Gasteiger partial charge in [0.05, 0.1) is 5.56 Å². The van der Waals surface area contributed by atoms with Crippen LogP contribution in [0.15, 0.2) is 16.9 Å². The van der Waals surface area contributed by atoms with Crippen molar-refractivity contribution in [3.63, 3.8) is 0 Å². The van der Waals surface area contributed by atoms with E-state index in [0.717, 1.165) is 6.07 Å². The van der Waals surface area contributed by atoms with Gasteiger partial charge in [-0.15, -0.1) is 0 Å². The molecular formula is C9H13N3O3. The van der Waals surface area contributed by atoms with Crippen LogP contribution in [0.2, 0.25) is 0 Å². The molecule has 0 fully saturated rings. The molecule has 1 aromatic heterocycles. The number of amides is 1. The third-order valence-corrected chi connectivity index (χ3v) is 1.82. The summed E-state index contributed by atoms with van der Waals surface area (Å²) in [5.74, 6) is -0.776. The summed E-state index contributed by atoms with van der Waals surface area (Å²) < 4.78 is 0. The molecule has 1 rings (SSSR count). The van der Waals surface area contributed by atoms with E-state index in [1.165, 1.54) is 6.07 Å². The molecule has 0 unspecified atom stereocenters. The van der Waals surface area contributed by atoms with Crippen LogP contribution in [-0.4, -0.2) is 28.6 Å². The van der Waals surface area contributed by atoms with Crippen LogP contribution in [-0.2, 0) is 0 Å². The molecule has 1 atom stereocenters. The lowest BCUT2D eigenvalue weighted by molar-refractivity contribution is 0.0940. The van der Waals surface area contributed by atoms with Crippen molar-refractivity contribution in [2.24, 2.45) is 5.73 Å². The number of pyridine rings is 1. The van der Waals surface area contributed by atoms with Crippen molar-refractivity contribution >= 4 is 5.91 Å². The monoisotopic (exact) mass is 211 g/mol. The Morgan fingerprint density at radius 1 is 1.67 bits per heavy atom. The average Bonchev–Trinajstić information content (AvgIpc) is 2.16. The van der Waals surface area contributed by atoms with E-state index in [1.807, 2.05) is 0 Å². The Balaban J connectivity index is 2.87. The molecule has 82 valence electrons. The highest BCUT2D eigenvalue weighted by molar-refractivity contribution is 5.94. The van der Waals surface area contributed by atoms with Crippen LogP contribution in [0, 0.1) is 0 Å². The Labute approximate surface area is 86.1 Å². The third-order valence-electron chi connectivity index (χ3n) is 1.82. The first-order valence-corrected chi connectivity index (χ1v) is 4.47. The molecule has 6 nitrogen and oxygen atoms in total. The number of carbonyl (C=O) groups is 1. The third kappa shape index (κ3) is 3.10. The van der Waals surface area contributed by atoms with E-state index in [2.05, 4.69) is 10.3 Å². The van der Waals surface area contributed by atoms with Crippen LogP contribution < -0.4 is 16.6 Å². The molecule has 5 N–H and O–H groups in total. The summed E-state index contributed by atoms with van der Waals surface area (Å²) in [5.41, 5.74) is 4.91. The number of aromatic amines is 1. The van der Waals surface area contributed by atoms with Crippen molar-refractivity contribution in [3.05, 3.63) is 28.0 Å². The summed E-state index contributed by atoms with van der Waals surface area (Å²) in [6.45, 7) is 2.05. The van der Waals surface area contributed by atoms with Gasteiger partial charge in [0, 0.05) is 24.7 Å². The highest BCUT2D eigenvalue weighted by atomic mass is 16.3. The molecule has 1 amide bonds. The predicted molar refractivity (Wildman–Crippen MR) is 54.7 cm³/mol. The SMILES string of the molecule is C[C@H](CN)NC(=O)c1cc(O)[nH]c(=O)c1. The molecule has 0 aromatic carbocycles. The van der Waals surface area contributed by atoms with Crippen molar-refractivity contribution < 1.29 is 9.90 Å². The van der Waals surface area contributed by atoms with Crippen molar-refractivity contribution in [1.82, 2.24) is 10.3 Å². The number of aromatic nitrogens is 1. The highest BCUT2D eigenvalue weighted by Crippen LogP contribution is 2.03. The molecule has 15 heavy (non-hydrogen) atoms. The van der Waals surface area contributed by atoms with Crippen LogP contribution in [0.3, 0.4) is 0 Å². The van der Waals surface area contributed by atoms with Crippen molar-refractivity contribution in [2.75, 3.05) is 6.54 Å². The Morgan fingerprint density at radius 3 is 2.87 bits per heavy atom. The number of rotatable bonds is 3. The van der Waals surface area contributed by atoms with Gasteiger partial charge < -0.3 is 16.2 Å². The quantitative estimate of drug-likeness (QED) is 0.522. The Hall–Kier alpha value is -1.82. The lowest BCUT2D eigenvalue weighted by Crippen LogP contribution is -2.38. The molecule has 0 aliphatic heterocycles. The minimum absolute atomic E-state index is 0.108. The van der Waals surface area contributed by atoms with Crippen molar-refractivity contribution in [3.8, 4) is 5.88 Å². The lowest BCUT2D eigenvalue weighted by atomic mass is 10.2. The fraction of sp³-hybridized carbons (Fsp3) is 0.333. The number of H-pyrrole nitrogens is 1. The molecule has 0 aliphatic carbocycles. The smallest absolute Gasteiger partial charge is 0.251 e. The van der Waals surface area contributed by atoms with Gasteiger partial charge in [0.25, 0.3) is 11.5 Å². The zero-order valence-corrected chi connectivity index (χ0v) is 8.28. The Bertz CT molecular complexity index is 413. The molecule has 0 saturated heterocycles. The van der Waals surface area contributed by atoms with Crippen LogP contribution in [0.5, 0.6) is 5.88 Å². The van der Waals surface area contributed by atoms with Crippen molar-refractivity contribution in [2.45, 2.75) is 13.0 Å². The van der Waals surface area contributed by atoms with E-state index in [-0.39, 0.29) is 17.5 Å². The van der Waals surface area contributed by atoms with Gasteiger partial charge in [-0.3, -0.25) is 14.6 Å². The van der Waals surface area contributed by atoms with Gasteiger partial charge in [-0.1, -0.05) is 0 Å². The standard InChI is InChI=1S/C9H13N3O3/c1-5(4-10)11-9(15)6-2-7(13)12-8(14)3-6/h2-3,5H,4,10H2,1H3,(H,11,15)(H2,12,13,14)/t5-/m1/s1. The first-order valence-electron chi connectivity index (χ1n) is 4.47. The van der Waals surface area contributed by atoms with Gasteiger partial charge >= 0.3 is 0 Å². The maximum absolute atomic E-state index is 11.5. The highest BCUT2D eigenvalue weighted by Gasteiger charge is 2.10. The fourth-order valence-electron chi connectivity index (χ4n) is 1.03. The molecule has 0 radical (unpaired) electrons. The second kappa shape index (κ2) is 4.61. The number of carbonyl (C=O) groups excluding carboxylic acids is 1. The second-order valence-electron chi connectivity index (χ2n) is 3.23. The molecule has 0 spiro atoms. The largest absolute Gasteiger partial charge is 0.494 e. The summed E-state index contributed by atoms with van der Waals surface area (Å²) in [4.78, 5) is 24.6. The number of nitrogens with two attached hydrogens (primary N) is 1. The Morgan fingerprint density at radius 2 is 2.33 bits per heavy atom. The number of aromatic hydroxyl groups is 1. The maximum atomic E-state index is 11.5. The van der Waals surface area contributed by atoms with E-state index in [4.69, 9.17) is 10.8 Å². The minimum atomic E-state index is -0.527. The minimum Gasteiger partial charge on any atom is -0.494 e. The molecule has 0 aliphatic rings. The second-order valence-corrected chi connectivity index (χ2v) is 3.23. The first kappa shape index (κ1) is 11.3. The van der Waals surface area contributed by atoms with Crippen LogP contribution in [0.1, 0.15) is 17.3 Å². The van der Waals surface area contributed by atoms with Gasteiger partial charge in [-0.05, 0) is 6.92 Å². The van der Waals surface area contributed by atoms with Gasteiger partial charge in [0.2, 0.25) is 0 Å². The Kier molecular flexibility index (Phi) is 3.46. The predicted octanol–water partition coefficient (Wildman–Crippen LogP) is -0.843. The lowest BCUT2D eigenvalue weighted by Gasteiger charge is -2.10. The zero-order valence-electron chi connectivity index (χ0n) is 8.28. The maximum Gasteiger partial charge on any atom is 0.251 e. The summed E-state index contributed by atoms with van der Waals surface area (Å²) in [6, 6.07) is 2.11. The number of hydrogen-bond acceptors (Lipinski definition) is 4. The van der Waals surface area contributed by atoms with E-state index < -0.39 is 11.5 Å². The molecule has 6 heteroatoms. The average molecular weight is 211 g/mol. The summed E-state index contributed by atoms with van der Waals surface area (Å²) in [5, 5.41) is 11.6. The topological polar surface area (TPSA) is 108 Å². The van der Waals surface area contributed by atoms with Crippen LogP contribution >= 0.6 is 0 Å². The molecule has 0 bridgehead atoms. The van der Waals surface area contributed by atoms with Gasteiger partial charge in [0.1, 0.15) is 0 Å². The number of nitrogens with one attached hydrogen (secondary N) is 2. The summed E-state index contributed by atoms with van der Waals surface area (Å²) >= 11 is 0. The van der Waals surface area contributed by atoms with Gasteiger partial charge in [-0.25, -0.2) is 0 Å². The summed E-state index contributed by atoms with van der Waals surface area (Å²) in [7, 11) is 0. The molecule has 0 saturated carbocycles. The zero-order chi connectivity index (χ0) is 11.4. The summed E-state index contributed by atoms with van der Waals surface area (Å²) in [6.07, 6.45) is 0. The molecule has 1 aromatic rings. The molecule has 1 heterocycles. The van der Waals surface area contributed by atoms with E-state index in [9.17, 15) is 9.59 Å². The fourth-order valence-corrected chi connectivity index (χ4v) is 1.03.